The molecule has 0 aliphatic carbocycles. The number of hydrogen-bond acceptors (Lipinski definition) is 4. The Morgan fingerprint density at radius 3 is 2.65 bits per heavy atom. The van der Waals surface area contributed by atoms with Crippen LogP contribution in [0.25, 0.3) is 10.9 Å². The molecule has 2 aromatic carbocycles. The molecule has 1 amide bonds. The van der Waals surface area contributed by atoms with Crippen molar-refractivity contribution >= 4 is 23.0 Å². The molecular weight excluding hydrogens is 424 g/mol. The first-order valence-corrected chi connectivity index (χ1v) is 11.6. The summed E-state index contributed by atoms with van der Waals surface area (Å²) in [4.78, 5) is 16.2. The Labute approximate surface area is 200 Å². The fourth-order valence-corrected chi connectivity index (χ4v) is 4.12. The number of benzene rings is 2. The zero-order valence-corrected chi connectivity index (χ0v) is 19.9. The average molecular weight is 455 g/mol. The number of hydrogen-bond donors (Lipinski definition) is 1. The SMILES string of the molecule is CCC(C)c1ccccc1OCCn1c(C)c(C=NNC(=O)c2ccncc2)c2ccccc21. The smallest absolute Gasteiger partial charge is 0.271 e. The van der Waals surface area contributed by atoms with E-state index < -0.39 is 0 Å². The van der Waals surface area contributed by atoms with Crippen LogP contribution >= 0.6 is 0 Å². The fraction of sp³-hybridized carbons (Fsp3) is 0.250. The van der Waals surface area contributed by atoms with Gasteiger partial charge in [0.2, 0.25) is 0 Å². The van der Waals surface area contributed by atoms with Crippen molar-refractivity contribution in [3.05, 3.63) is 95.4 Å². The number of aromatic nitrogens is 2. The van der Waals surface area contributed by atoms with E-state index in [0.29, 0.717) is 24.6 Å². The first-order chi connectivity index (χ1) is 16.6. The van der Waals surface area contributed by atoms with Crippen molar-refractivity contribution in [1.82, 2.24) is 15.0 Å². The van der Waals surface area contributed by atoms with Crippen molar-refractivity contribution in [3.8, 4) is 5.75 Å². The van der Waals surface area contributed by atoms with Crippen LogP contribution in [0, 0.1) is 6.92 Å². The molecule has 6 nitrogen and oxygen atoms in total. The van der Waals surface area contributed by atoms with E-state index in [1.165, 1.54) is 5.56 Å². The molecule has 2 heterocycles. The zero-order chi connectivity index (χ0) is 23.9. The molecule has 1 unspecified atom stereocenters. The number of carbonyl (C=O) groups excluding carboxylic acids is 1. The van der Waals surface area contributed by atoms with Gasteiger partial charge in [-0.1, -0.05) is 50.2 Å². The van der Waals surface area contributed by atoms with Crippen LogP contribution in [0.2, 0.25) is 0 Å². The Balaban J connectivity index is 1.51. The summed E-state index contributed by atoms with van der Waals surface area (Å²) >= 11 is 0. The highest BCUT2D eigenvalue weighted by Gasteiger charge is 2.14. The number of nitrogens with one attached hydrogen (secondary N) is 1. The van der Waals surface area contributed by atoms with E-state index in [1.807, 2.05) is 24.3 Å². The molecule has 174 valence electrons. The number of para-hydroxylation sites is 2. The number of hydrazone groups is 1. The average Bonchev–Trinajstić information content (AvgIpc) is 3.15. The van der Waals surface area contributed by atoms with Gasteiger partial charge in [0.15, 0.2) is 0 Å². The normalized spacial score (nSPS) is 12.2. The molecule has 34 heavy (non-hydrogen) atoms. The van der Waals surface area contributed by atoms with E-state index in [9.17, 15) is 4.79 Å². The molecule has 0 saturated carbocycles. The maximum atomic E-state index is 12.3. The van der Waals surface area contributed by atoms with E-state index in [0.717, 1.165) is 34.3 Å². The first-order valence-electron chi connectivity index (χ1n) is 11.6. The maximum absolute atomic E-state index is 12.3. The Kier molecular flexibility index (Phi) is 7.38. The van der Waals surface area contributed by atoms with Crippen molar-refractivity contribution in [2.75, 3.05) is 6.61 Å². The Hall–Kier alpha value is -3.93. The third-order valence-corrected chi connectivity index (χ3v) is 6.22. The van der Waals surface area contributed by atoms with Crippen molar-refractivity contribution in [3.63, 3.8) is 0 Å². The van der Waals surface area contributed by atoms with Gasteiger partial charge in [0.25, 0.3) is 5.91 Å². The van der Waals surface area contributed by atoms with E-state index >= 15 is 0 Å². The predicted octanol–water partition coefficient (Wildman–Crippen LogP) is 5.70. The molecule has 0 saturated heterocycles. The monoisotopic (exact) mass is 454 g/mol. The lowest BCUT2D eigenvalue weighted by Gasteiger charge is -2.16. The van der Waals surface area contributed by atoms with Gasteiger partial charge in [-0.3, -0.25) is 9.78 Å². The Morgan fingerprint density at radius 1 is 1.12 bits per heavy atom. The second kappa shape index (κ2) is 10.8. The van der Waals surface area contributed by atoms with Gasteiger partial charge in [0, 0.05) is 40.1 Å². The summed E-state index contributed by atoms with van der Waals surface area (Å²) in [5.74, 6) is 1.13. The van der Waals surface area contributed by atoms with Crippen LogP contribution in [0.3, 0.4) is 0 Å². The Morgan fingerprint density at radius 2 is 1.85 bits per heavy atom. The van der Waals surface area contributed by atoms with Crippen LogP contribution in [0.5, 0.6) is 5.75 Å². The van der Waals surface area contributed by atoms with Gasteiger partial charge in [-0.15, -0.1) is 0 Å². The van der Waals surface area contributed by atoms with Crippen LogP contribution in [0.4, 0.5) is 0 Å². The molecule has 6 heteroatoms. The largest absolute Gasteiger partial charge is 0.491 e. The second-order valence-corrected chi connectivity index (χ2v) is 8.30. The molecule has 4 rings (SSSR count). The molecule has 0 spiro atoms. The number of ether oxygens (including phenoxy) is 1. The molecule has 1 atom stereocenters. The minimum Gasteiger partial charge on any atom is -0.491 e. The summed E-state index contributed by atoms with van der Waals surface area (Å²) in [6.45, 7) is 7.75. The summed E-state index contributed by atoms with van der Waals surface area (Å²) in [5.41, 5.74) is 7.53. The standard InChI is InChI=1S/C28H30N4O2/c1-4-20(2)23-9-6-8-12-27(23)34-18-17-32-21(3)25(24-10-5-7-11-26(24)32)19-30-31-28(33)22-13-15-29-16-14-22/h5-16,19-20H,4,17-18H2,1-3H3,(H,31,33). The van der Waals surface area contributed by atoms with Gasteiger partial charge in [-0.05, 0) is 49.1 Å². The number of nitrogens with zero attached hydrogens (tertiary/aromatic N) is 3. The third kappa shape index (κ3) is 5.01. The van der Waals surface area contributed by atoms with E-state index in [2.05, 4.69) is 65.1 Å². The molecule has 0 aliphatic heterocycles. The maximum Gasteiger partial charge on any atom is 0.271 e. The number of amides is 1. The summed E-state index contributed by atoms with van der Waals surface area (Å²) in [5, 5.41) is 5.31. The van der Waals surface area contributed by atoms with Gasteiger partial charge >= 0.3 is 0 Å². The lowest BCUT2D eigenvalue weighted by Crippen LogP contribution is -2.17. The van der Waals surface area contributed by atoms with Gasteiger partial charge in [0.1, 0.15) is 12.4 Å². The Bertz CT molecular complexity index is 1290. The summed E-state index contributed by atoms with van der Waals surface area (Å²) in [7, 11) is 0. The second-order valence-electron chi connectivity index (χ2n) is 8.30. The lowest BCUT2D eigenvalue weighted by atomic mass is 9.98. The van der Waals surface area contributed by atoms with Crippen LogP contribution in [0.15, 0.2) is 78.2 Å². The molecule has 0 fully saturated rings. The number of carbonyl (C=O) groups is 1. The summed E-state index contributed by atoms with van der Waals surface area (Å²) < 4.78 is 8.47. The van der Waals surface area contributed by atoms with Crippen LogP contribution < -0.4 is 10.2 Å². The molecule has 0 bridgehead atoms. The number of rotatable bonds is 9. The zero-order valence-electron chi connectivity index (χ0n) is 19.9. The summed E-state index contributed by atoms with van der Waals surface area (Å²) in [6, 6.07) is 19.8. The van der Waals surface area contributed by atoms with Gasteiger partial charge in [-0.2, -0.15) is 5.10 Å². The molecule has 0 aliphatic rings. The predicted molar refractivity (Wildman–Crippen MR) is 137 cm³/mol. The third-order valence-electron chi connectivity index (χ3n) is 6.22. The molecule has 2 aromatic heterocycles. The molecule has 4 aromatic rings. The minimum absolute atomic E-state index is 0.270. The topological polar surface area (TPSA) is 68.5 Å². The molecular formula is C28H30N4O2. The van der Waals surface area contributed by atoms with E-state index in [-0.39, 0.29) is 5.91 Å². The molecule has 1 N–H and O–H groups in total. The van der Waals surface area contributed by atoms with Crippen molar-refractivity contribution < 1.29 is 9.53 Å². The van der Waals surface area contributed by atoms with Crippen molar-refractivity contribution in [1.29, 1.82) is 0 Å². The number of fused-ring (bicyclic) bond motifs is 1. The number of pyridine rings is 1. The van der Waals surface area contributed by atoms with E-state index in [1.54, 1.807) is 30.7 Å². The molecule has 0 radical (unpaired) electrons. The van der Waals surface area contributed by atoms with Crippen LogP contribution in [0.1, 0.15) is 53.4 Å². The highest BCUT2D eigenvalue weighted by atomic mass is 16.5. The minimum atomic E-state index is -0.270. The highest BCUT2D eigenvalue weighted by Crippen LogP contribution is 2.29. The van der Waals surface area contributed by atoms with Gasteiger partial charge in [-0.25, -0.2) is 5.43 Å². The van der Waals surface area contributed by atoms with Crippen LogP contribution in [-0.4, -0.2) is 28.3 Å². The summed E-state index contributed by atoms with van der Waals surface area (Å²) in [6.07, 6.45) is 5.95. The lowest BCUT2D eigenvalue weighted by molar-refractivity contribution is 0.0955. The van der Waals surface area contributed by atoms with E-state index in [4.69, 9.17) is 4.74 Å². The quantitative estimate of drug-likeness (QED) is 0.260. The van der Waals surface area contributed by atoms with Crippen molar-refractivity contribution in [2.24, 2.45) is 5.10 Å². The highest BCUT2D eigenvalue weighted by molar-refractivity contribution is 6.02. The van der Waals surface area contributed by atoms with Gasteiger partial charge in [0.05, 0.1) is 12.8 Å². The van der Waals surface area contributed by atoms with Crippen LogP contribution in [-0.2, 0) is 6.54 Å². The van der Waals surface area contributed by atoms with Crippen molar-refractivity contribution in [2.45, 2.75) is 39.7 Å². The fourth-order valence-electron chi connectivity index (χ4n) is 4.12. The van der Waals surface area contributed by atoms with Gasteiger partial charge < -0.3 is 9.30 Å². The first kappa shape index (κ1) is 23.2.